The van der Waals surface area contributed by atoms with Crippen molar-refractivity contribution in [1.82, 2.24) is 14.7 Å². The molecule has 0 saturated carbocycles. The van der Waals surface area contributed by atoms with E-state index in [1.165, 1.54) is 10.9 Å². The van der Waals surface area contributed by atoms with Gasteiger partial charge in [-0.15, -0.1) is 0 Å². The van der Waals surface area contributed by atoms with E-state index in [1.54, 1.807) is 6.07 Å². The fourth-order valence-corrected chi connectivity index (χ4v) is 2.95. The molecule has 2 heterocycles. The van der Waals surface area contributed by atoms with Gasteiger partial charge < -0.3 is 0 Å². The van der Waals surface area contributed by atoms with E-state index in [1.807, 2.05) is 6.92 Å². The molecule has 0 saturated heterocycles. The molecule has 0 bridgehead atoms. The average Bonchev–Trinajstić information content (AvgIpc) is 2.36. The number of nitrogens with zero attached hydrogens (tertiary/aromatic N) is 3. The Kier molecular flexibility index (Phi) is 4.59. The van der Waals surface area contributed by atoms with Crippen LogP contribution in [0.4, 0.5) is 0 Å². The molecular weight excluding hydrogens is 278 g/mol. The van der Waals surface area contributed by atoms with E-state index in [-0.39, 0.29) is 11.3 Å². The first-order chi connectivity index (χ1) is 9.39. The Morgan fingerprint density at radius 1 is 1.35 bits per heavy atom. The highest BCUT2D eigenvalue weighted by molar-refractivity contribution is 7.90. The second-order valence-corrected chi connectivity index (χ2v) is 7.59. The van der Waals surface area contributed by atoms with Crippen LogP contribution in [0.2, 0.25) is 0 Å². The summed E-state index contributed by atoms with van der Waals surface area (Å²) < 4.78 is 23.9. The predicted octanol–water partition coefficient (Wildman–Crippen LogP) is 0.0560. The lowest BCUT2D eigenvalue weighted by molar-refractivity contribution is 0.263. The van der Waals surface area contributed by atoms with Crippen LogP contribution < -0.4 is 5.56 Å². The van der Waals surface area contributed by atoms with Gasteiger partial charge in [0, 0.05) is 44.9 Å². The number of hydrogen-bond donors (Lipinski definition) is 0. The lowest BCUT2D eigenvalue weighted by Crippen LogP contribution is -2.37. The summed E-state index contributed by atoms with van der Waals surface area (Å²) in [6, 6.07) is 1.64. The Labute approximate surface area is 119 Å². The highest BCUT2D eigenvalue weighted by Crippen LogP contribution is 2.14. The Morgan fingerprint density at radius 2 is 2.10 bits per heavy atom. The van der Waals surface area contributed by atoms with Gasteiger partial charge in [0.15, 0.2) is 0 Å². The number of hydrogen-bond acceptors (Lipinski definition) is 5. The molecule has 1 aliphatic rings. The summed E-state index contributed by atoms with van der Waals surface area (Å²) in [5.74, 6) is 0.155. The van der Waals surface area contributed by atoms with Crippen molar-refractivity contribution in [2.75, 3.05) is 25.1 Å². The van der Waals surface area contributed by atoms with Crippen molar-refractivity contribution in [3.8, 4) is 0 Å². The van der Waals surface area contributed by atoms with Gasteiger partial charge in [-0.1, -0.05) is 6.92 Å². The minimum atomic E-state index is -2.95. The van der Waals surface area contributed by atoms with Crippen molar-refractivity contribution < 1.29 is 8.42 Å². The SMILES string of the molecule is CCCn1nc2c(cc1=O)CN(CCS(C)(=O)=O)CC2. The fourth-order valence-electron chi connectivity index (χ4n) is 2.36. The van der Waals surface area contributed by atoms with Crippen LogP contribution in [-0.4, -0.2) is 48.2 Å². The average molecular weight is 299 g/mol. The lowest BCUT2D eigenvalue weighted by atomic mass is 10.1. The molecule has 0 atom stereocenters. The van der Waals surface area contributed by atoms with E-state index in [0.717, 1.165) is 30.6 Å². The van der Waals surface area contributed by atoms with Gasteiger partial charge in [-0.3, -0.25) is 9.69 Å². The van der Waals surface area contributed by atoms with E-state index >= 15 is 0 Å². The van der Waals surface area contributed by atoms with E-state index < -0.39 is 9.84 Å². The molecule has 7 heteroatoms. The van der Waals surface area contributed by atoms with Gasteiger partial charge in [0.2, 0.25) is 0 Å². The maximum Gasteiger partial charge on any atom is 0.267 e. The molecule has 112 valence electrons. The van der Waals surface area contributed by atoms with Crippen LogP contribution >= 0.6 is 0 Å². The molecule has 0 fully saturated rings. The smallest absolute Gasteiger partial charge is 0.267 e. The summed E-state index contributed by atoms with van der Waals surface area (Å²) in [4.78, 5) is 14.0. The monoisotopic (exact) mass is 299 g/mol. The molecule has 0 aliphatic carbocycles. The molecule has 0 radical (unpaired) electrons. The van der Waals surface area contributed by atoms with Crippen LogP contribution in [0.25, 0.3) is 0 Å². The van der Waals surface area contributed by atoms with Gasteiger partial charge in [0.05, 0.1) is 11.4 Å². The third-order valence-corrected chi connectivity index (χ3v) is 4.36. The molecule has 1 aromatic heterocycles. The number of rotatable bonds is 5. The van der Waals surface area contributed by atoms with Crippen LogP contribution in [0.15, 0.2) is 10.9 Å². The minimum absolute atomic E-state index is 0.0736. The largest absolute Gasteiger partial charge is 0.298 e. The topological polar surface area (TPSA) is 72.3 Å². The first-order valence-electron chi connectivity index (χ1n) is 6.89. The maximum atomic E-state index is 11.9. The van der Waals surface area contributed by atoms with Gasteiger partial charge in [0.1, 0.15) is 9.84 Å². The first-order valence-corrected chi connectivity index (χ1v) is 8.95. The summed E-state index contributed by atoms with van der Waals surface area (Å²) in [7, 11) is -2.95. The van der Waals surface area contributed by atoms with Crippen molar-refractivity contribution in [2.24, 2.45) is 0 Å². The molecular formula is C13H21N3O3S. The van der Waals surface area contributed by atoms with Crippen LogP contribution in [0.5, 0.6) is 0 Å². The minimum Gasteiger partial charge on any atom is -0.298 e. The number of aryl methyl sites for hydroxylation is 1. The fraction of sp³-hybridized carbons (Fsp3) is 0.692. The zero-order chi connectivity index (χ0) is 14.8. The van der Waals surface area contributed by atoms with Crippen molar-refractivity contribution in [3.05, 3.63) is 27.7 Å². The van der Waals surface area contributed by atoms with Crippen LogP contribution in [0.1, 0.15) is 24.6 Å². The van der Waals surface area contributed by atoms with Crippen LogP contribution in [0.3, 0.4) is 0 Å². The summed E-state index contributed by atoms with van der Waals surface area (Å²) >= 11 is 0. The maximum absolute atomic E-state index is 11.9. The molecule has 6 nitrogen and oxygen atoms in total. The van der Waals surface area contributed by atoms with Crippen molar-refractivity contribution in [3.63, 3.8) is 0 Å². The zero-order valence-electron chi connectivity index (χ0n) is 12.0. The molecule has 2 rings (SSSR count). The molecule has 20 heavy (non-hydrogen) atoms. The lowest BCUT2D eigenvalue weighted by Gasteiger charge is -2.27. The molecule has 0 amide bonds. The second-order valence-electron chi connectivity index (χ2n) is 5.33. The highest BCUT2D eigenvalue weighted by atomic mass is 32.2. The summed E-state index contributed by atoms with van der Waals surface area (Å²) in [5.41, 5.74) is 1.83. The third kappa shape index (κ3) is 3.89. The second kappa shape index (κ2) is 6.05. The number of aromatic nitrogens is 2. The van der Waals surface area contributed by atoms with E-state index in [4.69, 9.17) is 0 Å². The van der Waals surface area contributed by atoms with Gasteiger partial charge in [0.25, 0.3) is 5.56 Å². The Bertz CT molecular complexity index is 637. The molecule has 0 unspecified atom stereocenters. The normalized spacial score (nSPS) is 16.1. The molecule has 0 spiro atoms. The van der Waals surface area contributed by atoms with Crippen molar-refractivity contribution in [2.45, 2.75) is 32.9 Å². The molecule has 1 aromatic rings. The Morgan fingerprint density at radius 3 is 2.75 bits per heavy atom. The van der Waals surface area contributed by atoms with Gasteiger partial charge >= 0.3 is 0 Å². The standard InChI is InChI=1S/C13H21N3O3S/c1-3-5-16-13(17)9-11-10-15(6-4-12(11)14-16)7-8-20(2,18)19/h9H,3-8,10H2,1-2H3. The first kappa shape index (κ1) is 15.2. The number of sulfone groups is 1. The highest BCUT2D eigenvalue weighted by Gasteiger charge is 2.19. The molecule has 1 aliphatic heterocycles. The van der Waals surface area contributed by atoms with Gasteiger partial charge in [-0.2, -0.15) is 5.10 Å². The zero-order valence-corrected chi connectivity index (χ0v) is 12.8. The predicted molar refractivity (Wildman–Crippen MR) is 77.5 cm³/mol. The summed E-state index contributed by atoms with van der Waals surface area (Å²) in [6.45, 7) is 4.57. The third-order valence-electron chi connectivity index (χ3n) is 3.44. The van der Waals surface area contributed by atoms with E-state index in [2.05, 4.69) is 10.00 Å². The van der Waals surface area contributed by atoms with Crippen molar-refractivity contribution in [1.29, 1.82) is 0 Å². The van der Waals surface area contributed by atoms with Crippen LogP contribution in [0, 0.1) is 0 Å². The van der Waals surface area contributed by atoms with Crippen molar-refractivity contribution >= 4 is 9.84 Å². The van der Waals surface area contributed by atoms with Gasteiger partial charge in [-0.05, 0) is 12.0 Å². The van der Waals surface area contributed by atoms with Gasteiger partial charge in [-0.25, -0.2) is 13.1 Å². The quantitative estimate of drug-likeness (QED) is 0.768. The van der Waals surface area contributed by atoms with Crippen LogP contribution in [-0.2, 0) is 29.3 Å². The Hall–Kier alpha value is -1.21. The Balaban J connectivity index is 2.11. The summed E-state index contributed by atoms with van der Waals surface area (Å²) in [5, 5.41) is 4.41. The molecule has 0 aromatic carbocycles. The molecule has 0 N–H and O–H groups in total. The number of fused-ring (bicyclic) bond motifs is 1. The van der Waals surface area contributed by atoms with E-state index in [0.29, 0.717) is 19.6 Å². The summed E-state index contributed by atoms with van der Waals surface area (Å²) in [6.07, 6.45) is 2.89. The van der Waals surface area contributed by atoms with E-state index in [9.17, 15) is 13.2 Å².